The zero-order valence-corrected chi connectivity index (χ0v) is 13.2. The summed E-state index contributed by atoms with van der Waals surface area (Å²) in [7, 11) is 0. The molecule has 1 aliphatic rings. The molecule has 1 atom stereocenters. The van der Waals surface area contributed by atoms with Gasteiger partial charge in [0.15, 0.2) is 0 Å². The maximum Gasteiger partial charge on any atom is 0.0613 e. The molecule has 0 heterocycles. The van der Waals surface area contributed by atoms with Gasteiger partial charge in [-0.25, -0.2) is 0 Å². The van der Waals surface area contributed by atoms with Crippen LogP contribution in [0.4, 0.5) is 0 Å². The van der Waals surface area contributed by atoms with Gasteiger partial charge < -0.3 is 15.3 Å². The number of hydrogen-bond acceptors (Lipinski definition) is 3. The molecule has 1 rings (SSSR count). The lowest BCUT2D eigenvalue weighted by Gasteiger charge is -2.33. The van der Waals surface area contributed by atoms with Crippen molar-refractivity contribution in [2.24, 2.45) is 0 Å². The van der Waals surface area contributed by atoms with Crippen LogP contribution in [0.2, 0.25) is 0 Å². The van der Waals surface area contributed by atoms with Crippen molar-refractivity contribution in [1.82, 2.24) is 10.2 Å². The Morgan fingerprint density at radius 1 is 1.16 bits per heavy atom. The molecule has 3 heteroatoms. The Morgan fingerprint density at radius 3 is 2.32 bits per heavy atom. The molecule has 0 bridgehead atoms. The maximum absolute atomic E-state index is 9.74. The van der Waals surface area contributed by atoms with E-state index < -0.39 is 0 Å². The van der Waals surface area contributed by atoms with Crippen LogP contribution in [0.25, 0.3) is 0 Å². The Labute approximate surface area is 119 Å². The quantitative estimate of drug-likeness (QED) is 0.572. The molecule has 114 valence electrons. The first-order valence-electron chi connectivity index (χ1n) is 8.30. The number of hydrogen-bond donors (Lipinski definition) is 2. The standard InChI is InChI=1S/C16H34N2O/c1-4-7-12-18(6-3)13-8-11-16(5-2,14-19)17-15-9-10-15/h15,17,19H,4-14H2,1-3H3. The van der Waals surface area contributed by atoms with Crippen LogP contribution < -0.4 is 5.32 Å². The molecule has 0 saturated heterocycles. The number of aliphatic hydroxyl groups is 1. The van der Waals surface area contributed by atoms with Gasteiger partial charge in [0.1, 0.15) is 0 Å². The molecule has 0 aromatic heterocycles. The van der Waals surface area contributed by atoms with Gasteiger partial charge in [-0.3, -0.25) is 0 Å². The SMILES string of the molecule is CCCCN(CC)CCCC(CC)(CO)NC1CC1. The van der Waals surface area contributed by atoms with Gasteiger partial charge in [-0.2, -0.15) is 0 Å². The number of nitrogens with zero attached hydrogens (tertiary/aromatic N) is 1. The van der Waals surface area contributed by atoms with Gasteiger partial charge in [-0.15, -0.1) is 0 Å². The van der Waals surface area contributed by atoms with E-state index in [0.717, 1.165) is 19.4 Å². The third-order valence-corrected chi connectivity index (χ3v) is 4.47. The van der Waals surface area contributed by atoms with E-state index >= 15 is 0 Å². The Kier molecular flexibility index (Phi) is 7.96. The summed E-state index contributed by atoms with van der Waals surface area (Å²) in [6.07, 6.45) is 8.47. The van der Waals surface area contributed by atoms with Crippen LogP contribution in [-0.2, 0) is 0 Å². The highest BCUT2D eigenvalue weighted by atomic mass is 16.3. The van der Waals surface area contributed by atoms with Crippen molar-refractivity contribution in [3.63, 3.8) is 0 Å². The highest BCUT2D eigenvalue weighted by Crippen LogP contribution is 2.26. The Bertz CT molecular complexity index is 225. The van der Waals surface area contributed by atoms with E-state index in [1.165, 1.54) is 45.2 Å². The summed E-state index contributed by atoms with van der Waals surface area (Å²) in [5, 5.41) is 13.4. The molecule has 0 aromatic carbocycles. The van der Waals surface area contributed by atoms with E-state index in [0.29, 0.717) is 6.04 Å². The van der Waals surface area contributed by atoms with E-state index in [1.54, 1.807) is 0 Å². The molecule has 1 aliphatic carbocycles. The minimum Gasteiger partial charge on any atom is -0.394 e. The molecule has 0 aromatic rings. The summed E-state index contributed by atoms with van der Waals surface area (Å²) in [6, 6.07) is 0.675. The topological polar surface area (TPSA) is 35.5 Å². The second-order valence-corrected chi connectivity index (χ2v) is 6.10. The minimum atomic E-state index is -0.0225. The molecule has 3 nitrogen and oxygen atoms in total. The monoisotopic (exact) mass is 270 g/mol. The molecule has 0 amide bonds. The first kappa shape index (κ1) is 16.9. The zero-order chi connectivity index (χ0) is 14.1. The van der Waals surface area contributed by atoms with Crippen LogP contribution in [0, 0.1) is 0 Å². The first-order valence-corrected chi connectivity index (χ1v) is 8.30. The lowest BCUT2D eigenvalue weighted by molar-refractivity contribution is 0.136. The van der Waals surface area contributed by atoms with Crippen LogP contribution >= 0.6 is 0 Å². The average Bonchev–Trinajstić information content (AvgIpc) is 3.25. The third kappa shape index (κ3) is 6.24. The summed E-state index contributed by atoms with van der Waals surface area (Å²) in [5.74, 6) is 0. The number of nitrogens with one attached hydrogen (secondary N) is 1. The van der Waals surface area contributed by atoms with Gasteiger partial charge in [0.25, 0.3) is 0 Å². The summed E-state index contributed by atoms with van der Waals surface area (Å²) < 4.78 is 0. The van der Waals surface area contributed by atoms with Gasteiger partial charge in [0.2, 0.25) is 0 Å². The zero-order valence-electron chi connectivity index (χ0n) is 13.2. The largest absolute Gasteiger partial charge is 0.394 e. The molecule has 2 N–H and O–H groups in total. The number of rotatable bonds is 12. The smallest absolute Gasteiger partial charge is 0.0613 e. The predicted octanol–water partition coefficient (Wildman–Crippen LogP) is 2.78. The van der Waals surface area contributed by atoms with Crippen LogP contribution in [0.1, 0.15) is 65.7 Å². The molecule has 1 unspecified atom stereocenters. The van der Waals surface area contributed by atoms with Gasteiger partial charge in [-0.1, -0.05) is 27.2 Å². The summed E-state index contributed by atoms with van der Waals surface area (Å²) in [4.78, 5) is 2.54. The number of aliphatic hydroxyl groups excluding tert-OH is 1. The molecule has 1 saturated carbocycles. The van der Waals surface area contributed by atoms with Crippen molar-refractivity contribution in [3.05, 3.63) is 0 Å². The Morgan fingerprint density at radius 2 is 1.84 bits per heavy atom. The highest BCUT2D eigenvalue weighted by Gasteiger charge is 2.33. The maximum atomic E-state index is 9.74. The Hall–Kier alpha value is -0.120. The summed E-state index contributed by atoms with van der Waals surface area (Å²) in [5.41, 5.74) is -0.0225. The molecule has 1 fully saturated rings. The first-order chi connectivity index (χ1) is 9.19. The normalized spacial score (nSPS) is 18.8. The van der Waals surface area contributed by atoms with E-state index in [2.05, 4.69) is 31.0 Å². The molecular formula is C16H34N2O. The van der Waals surface area contributed by atoms with Crippen molar-refractivity contribution in [1.29, 1.82) is 0 Å². The van der Waals surface area contributed by atoms with E-state index in [1.807, 2.05) is 0 Å². The van der Waals surface area contributed by atoms with Crippen molar-refractivity contribution in [2.75, 3.05) is 26.2 Å². The van der Waals surface area contributed by atoms with Crippen LogP contribution in [0.15, 0.2) is 0 Å². The van der Waals surface area contributed by atoms with E-state index in [-0.39, 0.29) is 12.1 Å². The Balaban J connectivity index is 2.29. The van der Waals surface area contributed by atoms with E-state index in [4.69, 9.17) is 0 Å². The lowest BCUT2D eigenvalue weighted by atomic mass is 9.91. The van der Waals surface area contributed by atoms with E-state index in [9.17, 15) is 5.11 Å². The van der Waals surface area contributed by atoms with Crippen LogP contribution in [0.5, 0.6) is 0 Å². The van der Waals surface area contributed by atoms with Crippen LogP contribution in [-0.4, -0.2) is 47.8 Å². The molecule has 19 heavy (non-hydrogen) atoms. The van der Waals surface area contributed by atoms with Gasteiger partial charge >= 0.3 is 0 Å². The fourth-order valence-corrected chi connectivity index (χ4v) is 2.70. The van der Waals surface area contributed by atoms with Gasteiger partial charge in [0.05, 0.1) is 6.61 Å². The number of unbranched alkanes of at least 4 members (excludes halogenated alkanes) is 1. The van der Waals surface area contributed by atoms with Gasteiger partial charge in [0, 0.05) is 11.6 Å². The summed E-state index contributed by atoms with van der Waals surface area (Å²) in [6.45, 7) is 10.5. The second-order valence-electron chi connectivity index (χ2n) is 6.10. The molecule has 0 aliphatic heterocycles. The van der Waals surface area contributed by atoms with Crippen LogP contribution in [0.3, 0.4) is 0 Å². The predicted molar refractivity (Wildman–Crippen MR) is 82.5 cm³/mol. The highest BCUT2D eigenvalue weighted by molar-refractivity contribution is 4.94. The van der Waals surface area contributed by atoms with Gasteiger partial charge in [-0.05, 0) is 58.2 Å². The lowest BCUT2D eigenvalue weighted by Crippen LogP contribution is -2.49. The van der Waals surface area contributed by atoms with Crippen molar-refractivity contribution in [2.45, 2.75) is 77.3 Å². The summed E-state index contributed by atoms with van der Waals surface area (Å²) >= 11 is 0. The minimum absolute atomic E-state index is 0.0225. The third-order valence-electron chi connectivity index (χ3n) is 4.47. The van der Waals surface area contributed by atoms with Crippen molar-refractivity contribution < 1.29 is 5.11 Å². The average molecular weight is 270 g/mol. The second kappa shape index (κ2) is 8.93. The molecule has 0 radical (unpaired) electrons. The van der Waals surface area contributed by atoms with Crippen molar-refractivity contribution >= 4 is 0 Å². The van der Waals surface area contributed by atoms with Crippen molar-refractivity contribution in [3.8, 4) is 0 Å². The molecule has 0 spiro atoms. The molecular weight excluding hydrogens is 236 g/mol. The fourth-order valence-electron chi connectivity index (χ4n) is 2.70. The fraction of sp³-hybridized carbons (Fsp3) is 1.00.